The fraction of sp³-hybridized carbons (Fsp3) is 0.571. The molecular weight excluding hydrogens is 233 g/mol. The Bertz CT molecular complexity index is 399. The third kappa shape index (κ3) is 1.94. The number of halogens is 1. The van der Waals surface area contributed by atoms with Gasteiger partial charge in [-0.1, -0.05) is 6.42 Å². The highest BCUT2D eigenvalue weighted by Crippen LogP contribution is 2.46. The van der Waals surface area contributed by atoms with E-state index < -0.39 is 6.67 Å². The van der Waals surface area contributed by atoms with Gasteiger partial charge in [-0.15, -0.1) is 0 Å². The standard InChI is InChI=1S/C14H20FNO2/c1-17-12-7-11(14(9-16)4-3-5-14)6-10(8-15)13(12)18-2/h6-7H,3-5,8-9,16H2,1-2H3. The van der Waals surface area contributed by atoms with Crippen molar-refractivity contribution in [2.45, 2.75) is 31.4 Å². The second-order valence-electron chi connectivity index (χ2n) is 4.84. The summed E-state index contributed by atoms with van der Waals surface area (Å²) in [6, 6.07) is 3.80. The third-order valence-electron chi connectivity index (χ3n) is 4.01. The van der Waals surface area contributed by atoms with Crippen molar-refractivity contribution in [3.05, 3.63) is 23.3 Å². The van der Waals surface area contributed by atoms with Gasteiger partial charge in [0.1, 0.15) is 6.67 Å². The summed E-state index contributed by atoms with van der Waals surface area (Å²) >= 11 is 0. The minimum Gasteiger partial charge on any atom is -0.493 e. The minimum atomic E-state index is -0.561. The molecule has 1 fully saturated rings. The van der Waals surface area contributed by atoms with Crippen LogP contribution in [0.2, 0.25) is 0 Å². The topological polar surface area (TPSA) is 44.5 Å². The molecule has 0 saturated heterocycles. The number of hydrogen-bond donors (Lipinski definition) is 1. The molecule has 0 atom stereocenters. The molecule has 0 aliphatic heterocycles. The van der Waals surface area contributed by atoms with Crippen molar-refractivity contribution >= 4 is 0 Å². The lowest BCUT2D eigenvalue weighted by Crippen LogP contribution is -2.41. The average molecular weight is 253 g/mol. The van der Waals surface area contributed by atoms with Crippen LogP contribution >= 0.6 is 0 Å². The first-order chi connectivity index (χ1) is 8.70. The summed E-state index contributed by atoms with van der Waals surface area (Å²) in [5.74, 6) is 1.07. The molecule has 100 valence electrons. The van der Waals surface area contributed by atoms with Crippen LogP contribution in [0.15, 0.2) is 12.1 Å². The molecule has 2 N–H and O–H groups in total. The van der Waals surface area contributed by atoms with Crippen molar-refractivity contribution in [2.75, 3.05) is 20.8 Å². The van der Waals surface area contributed by atoms with Crippen LogP contribution in [0, 0.1) is 0 Å². The molecule has 1 aromatic rings. The number of hydrogen-bond acceptors (Lipinski definition) is 3. The summed E-state index contributed by atoms with van der Waals surface area (Å²) in [5.41, 5.74) is 7.50. The molecule has 0 aromatic heterocycles. The summed E-state index contributed by atoms with van der Waals surface area (Å²) in [6.07, 6.45) is 3.30. The number of ether oxygens (including phenoxy) is 2. The maximum Gasteiger partial charge on any atom is 0.166 e. The molecule has 0 unspecified atom stereocenters. The van der Waals surface area contributed by atoms with Crippen molar-refractivity contribution in [3.8, 4) is 11.5 Å². The van der Waals surface area contributed by atoms with Crippen LogP contribution in [0.5, 0.6) is 11.5 Å². The Balaban J connectivity index is 2.49. The van der Waals surface area contributed by atoms with Crippen LogP contribution in [0.4, 0.5) is 4.39 Å². The normalized spacial score (nSPS) is 17.1. The van der Waals surface area contributed by atoms with Gasteiger partial charge < -0.3 is 15.2 Å². The van der Waals surface area contributed by atoms with E-state index in [4.69, 9.17) is 15.2 Å². The molecular formula is C14H20FNO2. The molecule has 2 rings (SSSR count). The quantitative estimate of drug-likeness (QED) is 0.877. The van der Waals surface area contributed by atoms with Gasteiger partial charge in [0.15, 0.2) is 11.5 Å². The summed E-state index contributed by atoms with van der Waals surface area (Å²) < 4.78 is 23.6. The smallest absolute Gasteiger partial charge is 0.166 e. The zero-order valence-corrected chi connectivity index (χ0v) is 11.0. The highest BCUT2D eigenvalue weighted by Gasteiger charge is 2.38. The second kappa shape index (κ2) is 5.14. The summed E-state index contributed by atoms with van der Waals surface area (Å²) in [6.45, 7) is 0.0300. The predicted molar refractivity (Wildman–Crippen MR) is 68.9 cm³/mol. The highest BCUT2D eigenvalue weighted by molar-refractivity contribution is 5.51. The van der Waals surface area contributed by atoms with E-state index in [0.717, 1.165) is 18.4 Å². The van der Waals surface area contributed by atoms with E-state index in [1.54, 1.807) is 7.11 Å². The maximum absolute atomic E-state index is 13.1. The Labute approximate surface area is 107 Å². The number of rotatable bonds is 5. The Hall–Kier alpha value is -1.29. The average Bonchev–Trinajstić information content (AvgIpc) is 2.36. The van der Waals surface area contributed by atoms with Crippen LogP contribution in [0.1, 0.15) is 30.4 Å². The van der Waals surface area contributed by atoms with Gasteiger partial charge in [0.2, 0.25) is 0 Å². The lowest BCUT2D eigenvalue weighted by Gasteiger charge is -2.42. The van der Waals surface area contributed by atoms with Gasteiger partial charge >= 0.3 is 0 Å². The van der Waals surface area contributed by atoms with Crippen LogP contribution in [0.3, 0.4) is 0 Å². The van der Waals surface area contributed by atoms with Crippen molar-refractivity contribution in [1.82, 2.24) is 0 Å². The Morgan fingerprint density at radius 2 is 2.00 bits per heavy atom. The van der Waals surface area contributed by atoms with Gasteiger partial charge in [-0.3, -0.25) is 0 Å². The first-order valence-corrected chi connectivity index (χ1v) is 6.22. The van der Waals surface area contributed by atoms with E-state index in [2.05, 4.69) is 0 Å². The third-order valence-corrected chi connectivity index (χ3v) is 4.01. The Morgan fingerprint density at radius 3 is 2.39 bits per heavy atom. The van der Waals surface area contributed by atoms with Crippen LogP contribution in [0.25, 0.3) is 0 Å². The van der Waals surface area contributed by atoms with Crippen molar-refractivity contribution in [2.24, 2.45) is 5.73 Å². The molecule has 1 aliphatic rings. The van der Waals surface area contributed by atoms with E-state index in [1.807, 2.05) is 12.1 Å². The summed E-state index contributed by atoms with van der Waals surface area (Å²) in [7, 11) is 3.10. The molecule has 0 radical (unpaired) electrons. The predicted octanol–water partition coefficient (Wildman–Crippen LogP) is 2.55. The van der Waals surface area contributed by atoms with E-state index in [-0.39, 0.29) is 5.41 Å². The molecule has 0 spiro atoms. The summed E-state index contributed by atoms with van der Waals surface area (Å²) in [5, 5.41) is 0. The molecule has 0 heterocycles. The molecule has 3 nitrogen and oxygen atoms in total. The minimum absolute atomic E-state index is 0.00344. The van der Waals surface area contributed by atoms with E-state index in [0.29, 0.717) is 23.6 Å². The first-order valence-electron chi connectivity index (χ1n) is 6.22. The fourth-order valence-electron chi connectivity index (χ4n) is 2.66. The van der Waals surface area contributed by atoms with Crippen molar-refractivity contribution in [1.29, 1.82) is 0 Å². The summed E-state index contributed by atoms with van der Waals surface area (Å²) in [4.78, 5) is 0. The number of alkyl halides is 1. The zero-order valence-electron chi connectivity index (χ0n) is 11.0. The van der Waals surface area contributed by atoms with Crippen LogP contribution in [-0.4, -0.2) is 20.8 Å². The number of methoxy groups -OCH3 is 2. The van der Waals surface area contributed by atoms with Crippen molar-refractivity contribution in [3.63, 3.8) is 0 Å². The van der Waals surface area contributed by atoms with Gasteiger partial charge in [-0.2, -0.15) is 0 Å². The van der Waals surface area contributed by atoms with Gasteiger partial charge in [-0.05, 0) is 30.5 Å². The number of benzene rings is 1. The highest BCUT2D eigenvalue weighted by atomic mass is 19.1. The van der Waals surface area contributed by atoms with Gasteiger partial charge in [-0.25, -0.2) is 4.39 Å². The molecule has 0 amide bonds. The molecule has 1 aliphatic carbocycles. The fourth-order valence-corrected chi connectivity index (χ4v) is 2.66. The van der Waals surface area contributed by atoms with E-state index in [1.165, 1.54) is 13.5 Å². The van der Waals surface area contributed by atoms with E-state index in [9.17, 15) is 4.39 Å². The lowest BCUT2D eigenvalue weighted by molar-refractivity contribution is 0.250. The number of nitrogens with two attached hydrogens (primary N) is 1. The molecule has 0 bridgehead atoms. The van der Waals surface area contributed by atoms with E-state index >= 15 is 0 Å². The Kier molecular flexibility index (Phi) is 3.76. The lowest BCUT2D eigenvalue weighted by atomic mass is 9.64. The van der Waals surface area contributed by atoms with Crippen LogP contribution < -0.4 is 15.2 Å². The van der Waals surface area contributed by atoms with Gasteiger partial charge in [0.05, 0.1) is 14.2 Å². The molecule has 4 heteroatoms. The first kappa shape index (κ1) is 13.1. The Morgan fingerprint density at radius 1 is 1.28 bits per heavy atom. The van der Waals surface area contributed by atoms with Gasteiger partial charge in [0, 0.05) is 17.5 Å². The molecule has 1 aromatic carbocycles. The van der Waals surface area contributed by atoms with Crippen LogP contribution in [-0.2, 0) is 12.1 Å². The SMILES string of the molecule is COc1cc(C2(CN)CCC2)cc(CF)c1OC. The largest absolute Gasteiger partial charge is 0.493 e. The second-order valence-corrected chi connectivity index (χ2v) is 4.84. The maximum atomic E-state index is 13.1. The van der Waals surface area contributed by atoms with Crippen molar-refractivity contribution < 1.29 is 13.9 Å². The monoisotopic (exact) mass is 253 g/mol. The molecule has 1 saturated carbocycles. The van der Waals surface area contributed by atoms with Gasteiger partial charge in [0.25, 0.3) is 0 Å². The zero-order chi connectivity index (χ0) is 13.2. The molecule has 18 heavy (non-hydrogen) atoms.